The minimum atomic E-state index is 0.00747. The van der Waals surface area contributed by atoms with E-state index < -0.39 is 0 Å². The summed E-state index contributed by atoms with van der Waals surface area (Å²) in [5.74, 6) is 1.31. The number of alkyl halides is 1. The molecule has 0 aliphatic heterocycles. The second kappa shape index (κ2) is 3.89. The summed E-state index contributed by atoms with van der Waals surface area (Å²) < 4.78 is 3.35. The van der Waals surface area contributed by atoms with E-state index in [0.717, 1.165) is 22.5 Å². The average molecular weight is 265 g/mol. The zero-order chi connectivity index (χ0) is 13.0. The molecule has 18 heavy (non-hydrogen) atoms. The number of aromatic nitrogens is 2. The molecule has 3 nitrogen and oxygen atoms in total. The lowest BCUT2D eigenvalue weighted by Gasteiger charge is -2.09. The van der Waals surface area contributed by atoms with Crippen LogP contribution >= 0.6 is 11.6 Å². The first kappa shape index (κ1) is 11.8. The van der Waals surface area contributed by atoms with Crippen molar-refractivity contribution in [1.82, 2.24) is 9.13 Å². The molecule has 0 amide bonds. The van der Waals surface area contributed by atoms with Crippen molar-refractivity contribution in [3.05, 3.63) is 34.2 Å². The minimum Gasteiger partial charge on any atom is -0.295 e. The van der Waals surface area contributed by atoms with Gasteiger partial charge in [-0.15, -0.1) is 11.6 Å². The van der Waals surface area contributed by atoms with Gasteiger partial charge in [0.25, 0.3) is 0 Å². The zero-order valence-corrected chi connectivity index (χ0v) is 11.6. The lowest BCUT2D eigenvalue weighted by molar-refractivity contribution is 0.722. The van der Waals surface area contributed by atoms with E-state index in [0.29, 0.717) is 5.92 Å². The third-order valence-electron chi connectivity index (χ3n) is 4.16. The molecule has 1 fully saturated rings. The van der Waals surface area contributed by atoms with E-state index >= 15 is 0 Å². The van der Waals surface area contributed by atoms with Crippen LogP contribution in [-0.2, 0) is 14.1 Å². The molecule has 2 aromatic rings. The molecule has 1 saturated carbocycles. The van der Waals surface area contributed by atoms with E-state index in [2.05, 4.69) is 13.0 Å². The molecule has 1 aliphatic rings. The highest BCUT2D eigenvalue weighted by Crippen LogP contribution is 2.50. The SMILES string of the molecule is CC1CC1C(Cl)c1ccc2c(c1)n(C)c(=O)n2C. The first-order chi connectivity index (χ1) is 8.50. The Labute approximate surface area is 111 Å². The molecule has 1 aromatic heterocycles. The van der Waals surface area contributed by atoms with Gasteiger partial charge in [-0.2, -0.15) is 0 Å². The van der Waals surface area contributed by atoms with Crippen molar-refractivity contribution in [2.75, 3.05) is 0 Å². The van der Waals surface area contributed by atoms with Crippen molar-refractivity contribution < 1.29 is 0 Å². The maximum atomic E-state index is 11.9. The molecule has 1 aromatic carbocycles. The predicted octanol–water partition coefficient (Wildman–Crippen LogP) is 2.81. The van der Waals surface area contributed by atoms with E-state index in [-0.39, 0.29) is 11.1 Å². The van der Waals surface area contributed by atoms with Gasteiger partial charge in [0.1, 0.15) is 0 Å². The predicted molar refractivity (Wildman–Crippen MR) is 74.0 cm³/mol. The molecular weight excluding hydrogens is 248 g/mol. The van der Waals surface area contributed by atoms with Crippen molar-refractivity contribution >= 4 is 22.6 Å². The first-order valence-corrected chi connectivity index (χ1v) is 6.73. The van der Waals surface area contributed by atoms with E-state index in [1.54, 1.807) is 23.2 Å². The zero-order valence-electron chi connectivity index (χ0n) is 10.9. The number of imidazole rings is 1. The van der Waals surface area contributed by atoms with Gasteiger partial charge in [-0.25, -0.2) is 4.79 Å². The Hall–Kier alpha value is -1.22. The van der Waals surface area contributed by atoms with Gasteiger partial charge in [0.2, 0.25) is 0 Å². The Balaban J connectivity index is 2.11. The van der Waals surface area contributed by atoms with Crippen LogP contribution in [-0.4, -0.2) is 9.13 Å². The summed E-state index contributed by atoms with van der Waals surface area (Å²) in [4.78, 5) is 11.9. The van der Waals surface area contributed by atoms with Crippen LogP contribution in [0.1, 0.15) is 24.3 Å². The number of fused-ring (bicyclic) bond motifs is 1. The third kappa shape index (κ3) is 1.61. The summed E-state index contributed by atoms with van der Waals surface area (Å²) in [6.45, 7) is 2.23. The maximum absolute atomic E-state index is 11.9. The summed E-state index contributed by atoms with van der Waals surface area (Å²) >= 11 is 6.50. The van der Waals surface area contributed by atoms with Gasteiger partial charge in [0.05, 0.1) is 16.4 Å². The van der Waals surface area contributed by atoms with Gasteiger partial charge in [-0.3, -0.25) is 9.13 Å². The van der Waals surface area contributed by atoms with E-state index in [4.69, 9.17) is 11.6 Å². The molecule has 4 heteroatoms. The van der Waals surface area contributed by atoms with Gasteiger partial charge in [0, 0.05) is 14.1 Å². The Bertz CT molecular complexity index is 670. The quantitative estimate of drug-likeness (QED) is 0.767. The lowest BCUT2D eigenvalue weighted by atomic mass is 10.1. The number of rotatable bonds is 2. The van der Waals surface area contributed by atoms with Crippen LogP contribution in [0.3, 0.4) is 0 Å². The molecule has 1 aliphatic carbocycles. The van der Waals surface area contributed by atoms with E-state index in [1.165, 1.54) is 6.42 Å². The molecule has 0 N–H and O–H groups in total. The van der Waals surface area contributed by atoms with Crippen molar-refractivity contribution in [3.8, 4) is 0 Å². The summed E-state index contributed by atoms with van der Waals surface area (Å²) in [7, 11) is 3.60. The highest BCUT2D eigenvalue weighted by molar-refractivity contribution is 6.21. The standard InChI is InChI=1S/C14H17ClN2O/c1-8-6-10(8)13(15)9-4-5-11-12(7-9)17(3)14(18)16(11)2/h4-5,7-8,10,13H,6H2,1-3H3. The highest BCUT2D eigenvalue weighted by atomic mass is 35.5. The number of halogens is 1. The number of hydrogen-bond acceptors (Lipinski definition) is 1. The first-order valence-electron chi connectivity index (χ1n) is 6.30. The van der Waals surface area contributed by atoms with Crippen LogP contribution in [0.2, 0.25) is 0 Å². The maximum Gasteiger partial charge on any atom is 0.328 e. The smallest absolute Gasteiger partial charge is 0.295 e. The molecule has 0 bridgehead atoms. The summed E-state index contributed by atoms with van der Waals surface area (Å²) in [6, 6.07) is 6.10. The van der Waals surface area contributed by atoms with Crippen molar-refractivity contribution in [2.24, 2.45) is 25.9 Å². The molecule has 0 spiro atoms. The Morgan fingerprint density at radius 1 is 1.28 bits per heavy atom. The third-order valence-corrected chi connectivity index (χ3v) is 4.74. The minimum absolute atomic E-state index is 0.00747. The lowest BCUT2D eigenvalue weighted by Crippen LogP contribution is -2.19. The molecule has 1 heterocycles. The molecule has 3 unspecified atom stereocenters. The van der Waals surface area contributed by atoms with Gasteiger partial charge < -0.3 is 0 Å². The van der Waals surface area contributed by atoms with Gasteiger partial charge in [0.15, 0.2) is 0 Å². The molecule has 96 valence electrons. The summed E-state index contributed by atoms with van der Waals surface area (Å²) in [5.41, 5.74) is 3.05. The highest BCUT2D eigenvalue weighted by Gasteiger charge is 2.39. The largest absolute Gasteiger partial charge is 0.328 e. The van der Waals surface area contributed by atoms with Crippen LogP contribution in [0.4, 0.5) is 0 Å². The molecule has 3 atom stereocenters. The summed E-state index contributed by atoms with van der Waals surface area (Å²) in [6.07, 6.45) is 1.21. The van der Waals surface area contributed by atoms with Gasteiger partial charge in [-0.1, -0.05) is 13.0 Å². The number of benzene rings is 1. The number of hydrogen-bond donors (Lipinski definition) is 0. The van der Waals surface area contributed by atoms with E-state index in [1.807, 2.05) is 12.1 Å². The fraction of sp³-hybridized carbons (Fsp3) is 0.500. The second-order valence-corrected chi connectivity index (χ2v) is 5.90. The van der Waals surface area contributed by atoms with E-state index in [9.17, 15) is 4.79 Å². The fourth-order valence-electron chi connectivity index (χ4n) is 2.70. The topological polar surface area (TPSA) is 26.9 Å². The van der Waals surface area contributed by atoms with Gasteiger partial charge >= 0.3 is 5.69 Å². The molecule has 0 radical (unpaired) electrons. The van der Waals surface area contributed by atoms with Crippen LogP contribution in [0.5, 0.6) is 0 Å². The number of aryl methyl sites for hydroxylation is 2. The van der Waals surface area contributed by atoms with Crippen molar-refractivity contribution in [2.45, 2.75) is 18.7 Å². The molecular formula is C14H17ClN2O. The molecule has 3 rings (SSSR count). The van der Waals surface area contributed by atoms with Crippen molar-refractivity contribution in [1.29, 1.82) is 0 Å². The fourth-order valence-corrected chi connectivity index (χ4v) is 3.19. The monoisotopic (exact) mass is 264 g/mol. The number of nitrogens with zero attached hydrogens (tertiary/aromatic N) is 2. The molecule has 0 saturated heterocycles. The summed E-state index contributed by atoms with van der Waals surface area (Å²) in [5, 5.41) is 0.0692. The van der Waals surface area contributed by atoms with Crippen LogP contribution in [0, 0.1) is 11.8 Å². The van der Waals surface area contributed by atoms with Crippen LogP contribution in [0.25, 0.3) is 11.0 Å². The Morgan fingerprint density at radius 2 is 1.89 bits per heavy atom. The van der Waals surface area contributed by atoms with Crippen LogP contribution in [0.15, 0.2) is 23.0 Å². The second-order valence-electron chi connectivity index (χ2n) is 5.43. The normalized spacial score (nSPS) is 24.4. The Kier molecular flexibility index (Phi) is 2.56. The van der Waals surface area contributed by atoms with Crippen LogP contribution < -0.4 is 5.69 Å². The Morgan fingerprint density at radius 3 is 2.50 bits per heavy atom. The van der Waals surface area contributed by atoms with Gasteiger partial charge in [-0.05, 0) is 36.0 Å². The average Bonchev–Trinajstić information content (AvgIpc) is 3.07. The van der Waals surface area contributed by atoms with Crippen molar-refractivity contribution in [3.63, 3.8) is 0 Å².